The molecule has 0 saturated heterocycles. The number of allylic oxidation sites excluding steroid dienone is 1. The second kappa shape index (κ2) is 6.95. The fraction of sp³-hybridized carbons (Fsp3) is 0.444. The number of carbonyl (C=O) groups excluding carboxylic acids is 1. The molecule has 2 rings (SSSR count). The maximum atomic E-state index is 12.7. The molecule has 0 radical (unpaired) electrons. The molecule has 128 valence electrons. The number of carbonyl (C=O) groups is 1. The highest BCUT2D eigenvalue weighted by Crippen LogP contribution is 2.36. The molecule has 1 saturated carbocycles. The van der Waals surface area contributed by atoms with E-state index < -0.39 is 0 Å². The fourth-order valence-electron chi connectivity index (χ4n) is 2.44. The standard InChI is InChI=1S/C18H25N5O/c1-11(2)15(13(4)16(19-6)23-18(5)7-8-18)17(24)22-14-10-20-9-12(3)21-14/h9-10,23H,6-8H2,1-5H3,(H,21,22,24)/b16-13-. The predicted molar refractivity (Wildman–Crippen MR) is 96.8 cm³/mol. The second-order valence-corrected chi connectivity index (χ2v) is 6.69. The van der Waals surface area contributed by atoms with E-state index in [4.69, 9.17) is 0 Å². The first-order valence-electron chi connectivity index (χ1n) is 7.99. The Morgan fingerprint density at radius 3 is 2.46 bits per heavy atom. The van der Waals surface area contributed by atoms with Gasteiger partial charge < -0.3 is 10.6 Å². The second-order valence-electron chi connectivity index (χ2n) is 6.69. The molecule has 0 aromatic carbocycles. The van der Waals surface area contributed by atoms with Gasteiger partial charge in [0.05, 0.1) is 11.9 Å². The minimum absolute atomic E-state index is 0.0586. The van der Waals surface area contributed by atoms with Gasteiger partial charge in [-0.2, -0.15) is 0 Å². The highest BCUT2D eigenvalue weighted by atomic mass is 16.1. The van der Waals surface area contributed by atoms with Crippen molar-refractivity contribution in [3.05, 3.63) is 40.6 Å². The molecule has 1 amide bonds. The van der Waals surface area contributed by atoms with Crippen LogP contribution in [-0.4, -0.2) is 28.1 Å². The normalized spacial score (nSPS) is 15.9. The Hall–Kier alpha value is -2.50. The molecule has 1 aliphatic rings. The zero-order valence-corrected chi connectivity index (χ0v) is 15.0. The molecule has 0 spiro atoms. The third-order valence-corrected chi connectivity index (χ3v) is 4.03. The molecule has 2 N–H and O–H groups in total. The first kappa shape index (κ1) is 17.8. The van der Waals surface area contributed by atoms with Gasteiger partial charge in [0.25, 0.3) is 5.91 Å². The number of amides is 1. The first-order chi connectivity index (χ1) is 11.3. The smallest absolute Gasteiger partial charge is 0.257 e. The van der Waals surface area contributed by atoms with Crippen LogP contribution in [0.15, 0.2) is 39.9 Å². The van der Waals surface area contributed by atoms with Gasteiger partial charge in [-0.15, -0.1) is 0 Å². The van der Waals surface area contributed by atoms with Gasteiger partial charge in [0.2, 0.25) is 0 Å². The van der Waals surface area contributed by atoms with Crippen LogP contribution >= 0.6 is 0 Å². The molecule has 6 heteroatoms. The quantitative estimate of drug-likeness (QED) is 0.478. The van der Waals surface area contributed by atoms with Crippen LogP contribution in [0.1, 0.15) is 46.2 Å². The lowest BCUT2D eigenvalue weighted by atomic mass is 10.0. The van der Waals surface area contributed by atoms with Crippen molar-refractivity contribution in [2.45, 2.75) is 53.0 Å². The van der Waals surface area contributed by atoms with Crippen LogP contribution in [-0.2, 0) is 4.79 Å². The van der Waals surface area contributed by atoms with E-state index in [1.807, 2.05) is 27.7 Å². The van der Waals surface area contributed by atoms with E-state index in [2.05, 4.69) is 39.2 Å². The number of rotatable bonds is 6. The van der Waals surface area contributed by atoms with Crippen LogP contribution in [0, 0.1) is 6.92 Å². The van der Waals surface area contributed by atoms with Gasteiger partial charge in [0.1, 0.15) is 5.82 Å². The molecule has 0 aliphatic heterocycles. The Bertz CT molecular complexity index is 725. The van der Waals surface area contributed by atoms with Crippen molar-refractivity contribution >= 4 is 18.4 Å². The summed E-state index contributed by atoms with van der Waals surface area (Å²) in [6, 6.07) is 0. The van der Waals surface area contributed by atoms with Crippen LogP contribution < -0.4 is 10.6 Å². The highest BCUT2D eigenvalue weighted by Gasteiger charge is 2.38. The van der Waals surface area contributed by atoms with Crippen molar-refractivity contribution in [3.8, 4) is 0 Å². The van der Waals surface area contributed by atoms with E-state index in [0.29, 0.717) is 17.2 Å². The summed E-state index contributed by atoms with van der Waals surface area (Å²) in [6.45, 7) is 13.3. The van der Waals surface area contributed by atoms with Crippen molar-refractivity contribution in [1.29, 1.82) is 0 Å². The molecule has 1 heterocycles. The summed E-state index contributed by atoms with van der Waals surface area (Å²) in [6.07, 6.45) is 5.36. The first-order valence-corrected chi connectivity index (χ1v) is 7.99. The summed E-state index contributed by atoms with van der Waals surface area (Å²) in [5.41, 5.74) is 3.06. The molecule has 1 aromatic heterocycles. The van der Waals surface area contributed by atoms with Crippen LogP contribution in [0.5, 0.6) is 0 Å². The molecule has 1 aromatic rings. The number of nitrogens with zero attached hydrogens (tertiary/aromatic N) is 3. The average molecular weight is 327 g/mol. The van der Waals surface area contributed by atoms with Crippen LogP contribution in [0.4, 0.5) is 5.82 Å². The Labute approximate surface area is 143 Å². The summed E-state index contributed by atoms with van der Waals surface area (Å²) in [7, 11) is 0. The Morgan fingerprint density at radius 1 is 1.29 bits per heavy atom. The van der Waals surface area contributed by atoms with E-state index in [9.17, 15) is 4.79 Å². The third kappa shape index (κ3) is 4.28. The van der Waals surface area contributed by atoms with E-state index in [1.54, 1.807) is 6.20 Å². The molecule has 1 aliphatic carbocycles. The van der Waals surface area contributed by atoms with Crippen molar-refractivity contribution in [2.75, 3.05) is 5.32 Å². The number of aromatic nitrogens is 2. The molecule has 0 unspecified atom stereocenters. The summed E-state index contributed by atoms with van der Waals surface area (Å²) < 4.78 is 0. The topological polar surface area (TPSA) is 79.3 Å². The van der Waals surface area contributed by atoms with Gasteiger partial charge in [0, 0.05) is 22.9 Å². The summed E-state index contributed by atoms with van der Waals surface area (Å²) in [5, 5.41) is 6.20. The third-order valence-electron chi connectivity index (χ3n) is 4.03. The molecule has 6 nitrogen and oxygen atoms in total. The zero-order chi connectivity index (χ0) is 17.9. The Balaban J connectivity index is 2.29. The number of hydrogen-bond acceptors (Lipinski definition) is 5. The SMILES string of the molecule is C=N/C(NC1(C)CC1)=C(\C)C(C(=O)Nc1cncc(C)n1)=C(C)C. The monoisotopic (exact) mass is 327 g/mol. The lowest BCUT2D eigenvalue weighted by Gasteiger charge is -2.18. The van der Waals surface area contributed by atoms with Crippen molar-refractivity contribution < 1.29 is 4.79 Å². The molecular weight excluding hydrogens is 302 g/mol. The van der Waals surface area contributed by atoms with Gasteiger partial charge in [-0.25, -0.2) is 9.98 Å². The number of anilines is 1. The molecular formula is C18H25N5O. The minimum Gasteiger partial charge on any atom is -0.365 e. The predicted octanol–water partition coefficient (Wildman–Crippen LogP) is 3.13. The molecule has 0 atom stereocenters. The van der Waals surface area contributed by atoms with E-state index in [1.165, 1.54) is 6.20 Å². The lowest BCUT2D eigenvalue weighted by Crippen LogP contribution is -2.28. The van der Waals surface area contributed by atoms with Gasteiger partial charge in [-0.1, -0.05) is 5.57 Å². The summed E-state index contributed by atoms with van der Waals surface area (Å²) >= 11 is 0. The van der Waals surface area contributed by atoms with E-state index >= 15 is 0 Å². The Kier molecular flexibility index (Phi) is 5.17. The number of nitrogens with one attached hydrogen (secondary N) is 2. The largest absolute Gasteiger partial charge is 0.365 e. The van der Waals surface area contributed by atoms with Gasteiger partial charge in [-0.05, 0) is 54.2 Å². The van der Waals surface area contributed by atoms with Gasteiger partial charge >= 0.3 is 0 Å². The average Bonchev–Trinajstić information content (AvgIpc) is 3.22. The van der Waals surface area contributed by atoms with Crippen molar-refractivity contribution in [3.63, 3.8) is 0 Å². The maximum absolute atomic E-state index is 12.7. The number of aliphatic imine (C=N–C) groups is 1. The Morgan fingerprint density at radius 2 is 1.96 bits per heavy atom. The highest BCUT2D eigenvalue weighted by molar-refractivity contribution is 6.06. The fourth-order valence-corrected chi connectivity index (χ4v) is 2.44. The summed E-state index contributed by atoms with van der Waals surface area (Å²) in [4.78, 5) is 25.2. The summed E-state index contributed by atoms with van der Waals surface area (Å²) in [5.74, 6) is 0.856. The minimum atomic E-state index is -0.226. The zero-order valence-electron chi connectivity index (χ0n) is 15.0. The molecule has 0 bridgehead atoms. The van der Waals surface area contributed by atoms with Crippen LogP contribution in [0.3, 0.4) is 0 Å². The number of hydrogen-bond donors (Lipinski definition) is 2. The van der Waals surface area contributed by atoms with Crippen LogP contribution in [0.2, 0.25) is 0 Å². The maximum Gasteiger partial charge on any atom is 0.257 e. The van der Waals surface area contributed by atoms with Crippen molar-refractivity contribution in [2.24, 2.45) is 4.99 Å². The molecule has 1 fully saturated rings. The van der Waals surface area contributed by atoms with E-state index in [-0.39, 0.29) is 11.4 Å². The lowest BCUT2D eigenvalue weighted by molar-refractivity contribution is -0.112. The van der Waals surface area contributed by atoms with Gasteiger partial charge in [0.15, 0.2) is 5.82 Å². The van der Waals surface area contributed by atoms with Crippen LogP contribution in [0.25, 0.3) is 0 Å². The molecule has 24 heavy (non-hydrogen) atoms. The van der Waals surface area contributed by atoms with E-state index in [0.717, 1.165) is 29.7 Å². The number of aryl methyl sites for hydroxylation is 1. The van der Waals surface area contributed by atoms with Crippen molar-refractivity contribution in [1.82, 2.24) is 15.3 Å². The van der Waals surface area contributed by atoms with Gasteiger partial charge in [-0.3, -0.25) is 9.78 Å².